The molecule has 0 unspecified atom stereocenters. The largest absolute Gasteiger partial charge is 0.492 e. The van der Waals surface area contributed by atoms with Crippen molar-refractivity contribution in [3.8, 4) is 5.88 Å². The van der Waals surface area contributed by atoms with E-state index in [9.17, 15) is 4.79 Å². The van der Waals surface area contributed by atoms with Crippen molar-refractivity contribution in [2.24, 2.45) is 0 Å². The highest BCUT2D eigenvalue weighted by Gasteiger charge is 1.98. The highest BCUT2D eigenvalue weighted by molar-refractivity contribution is 5.84. The van der Waals surface area contributed by atoms with Crippen molar-refractivity contribution in [2.75, 3.05) is 0 Å². The number of aromatic hydroxyl groups is 1. The Balaban J connectivity index is 2.74. The third-order valence-electron chi connectivity index (χ3n) is 1.69. The van der Waals surface area contributed by atoms with E-state index in [1.807, 2.05) is 0 Å². The van der Waals surface area contributed by atoms with E-state index < -0.39 is 0 Å². The van der Waals surface area contributed by atoms with Gasteiger partial charge >= 0.3 is 0 Å². The highest BCUT2D eigenvalue weighted by Crippen LogP contribution is 2.13. The number of nitrogens with zero attached hydrogens (tertiary/aromatic N) is 2. The van der Waals surface area contributed by atoms with Crippen molar-refractivity contribution >= 4 is 17.3 Å². The van der Waals surface area contributed by atoms with Crippen LogP contribution in [0.25, 0.3) is 11.0 Å². The van der Waals surface area contributed by atoms with E-state index in [0.717, 1.165) is 6.29 Å². The number of hydrogen-bond acceptors (Lipinski definition) is 4. The molecule has 0 saturated carbocycles. The van der Waals surface area contributed by atoms with Gasteiger partial charge in [0.25, 0.3) is 0 Å². The number of aldehydes is 1. The lowest BCUT2D eigenvalue weighted by molar-refractivity contribution is 0.112. The van der Waals surface area contributed by atoms with Gasteiger partial charge < -0.3 is 5.11 Å². The molecule has 2 aromatic rings. The number of benzene rings is 1. The first-order valence-electron chi connectivity index (χ1n) is 3.70. The Hall–Kier alpha value is -1.97. The molecule has 0 radical (unpaired) electrons. The Labute approximate surface area is 73.9 Å². The van der Waals surface area contributed by atoms with Gasteiger partial charge in [0.2, 0.25) is 5.88 Å². The molecule has 0 amide bonds. The molecule has 0 bridgehead atoms. The lowest BCUT2D eigenvalue weighted by atomic mass is 10.2. The molecule has 1 heterocycles. The van der Waals surface area contributed by atoms with E-state index in [1.165, 1.54) is 6.20 Å². The van der Waals surface area contributed by atoms with Crippen LogP contribution in [0.15, 0.2) is 24.4 Å². The van der Waals surface area contributed by atoms with E-state index in [-0.39, 0.29) is 5.88 Å². The Morgan fingerprint density at radius 2 is 2.15 bits per heavy atom. The number of aromatic nitrogens is 2. The van der Waals surface area contributed by atoms with Gasteiger partial charge in [-0.25, -0.2) is 9.97 Å². The normalized spacial score (nSPS) is 10.2. The summed E-state index contributed by atoms with van der Waals surface area (Å²) in [6.45, 7) is 0. The van der Waals surface area contributed by atoms with Gasteiger partial charge in [0, 0.05) is 5.56 Å². The van der Waals surface area contributed by atoms with Crippen molar-refractivity contribution < 1.29 is 9.90 Å². The monoisotopic (exact) mass is 174 g/mol. The molecule has 4 nitrogen and oxygen atoms in total. The quantitative estimate of drug-likeness (QED) is 0.658. The lowest BCUT2D eigenvalue weighted by Crippen LogP contribution is -1.86. The SMILES string of the molecule is O=Cc1ccc2ncc(O)nc2c1. The van der Waals surface area contributed by atoms with Crippen LogP contribution in [-0.4, -0.2) is 21.4 Å². The van der Waals surface area contributed by atoms with Crippen molar-refractivity contribution in [3.05, 3.63) is 30.0 Å². The Kier molecular flexibility index (Phi) is 1.66. The fourth-order valence-electron chi connectivity index (χ4n) is 1.09. The van der Waals surface area contributed by atoms with E-state index in [2.05, 4.69) is 9.97 Å². The lowest BCUT2D eigenvalue weighted by Gasteiger charge is -1.96. The molecule has 2 rings (SSSR count). The minimum atomic E-state index is -0.143. The van der Waals surface area contributed by atoms with E-state index in [4.69, 9.17) is 5.11 Å². The summed E-state index contributed by atoms with van der Waals surface area (Å²) in [7, 11) is 0. The fourth-order valence-corrected chi connectivity index (χ4v) is 1.09. The molecule has 1 aromatic carbocycles. The molecule has 0 atom stereocenters. The zero-order valence-electron chi connectivity index (χ0n) is 6.64. The van der Waals surface area contributed by atoms with Crippen molar-refractivity contribution in [1.29, 1.82) is 0 Å². The topological polar surface area (TPSA) is 63.1 Å². The van der Waals surface area contributed by atoms with Crippen molar-refractivity contribution in [1.82, 2.24) is 9.97 Å². The van der Waals surface area contributed by atoms with Gasteiger partial charge in [-0.05, 0) is 18.2 Å². The second-order valence-corrected chi connectivity index (χ2v) is 2.59. The van der Waals surface area contributed by atoms with Crippen LogP contribution in [-0.2, 0) is 0 Å². The summed E-state index contributed by atoms with van der Waals surface area (Å²) in [5.41, 5.74) is 1.69. The standard InChI is InChI=1S/C9H6N2O2/c12-5-6-1-2-7-8(3-6)11-9(13)4-10-7/h1-5H,(H,11,13). The minimum absolute atomic E-state index is 0.143. The van der Waals surface area contributed by atoms with Gasteiger partial charge in [-0.15, -0.1) is 0 Å². The molecule has 0 spiro atoms. The first-order chi connectivity index (χ1) is 6.29. The predicted octanol–water partition coefficient (Wildman–Crippen LogP) is 1.15. The van der Waals surface area contributed by atoms with E-state index in [0.29, 0.717) is 16.6 Å². The van der Waals surface area contributed by atoms with E-state index in [1.54, 1.807) is 18.2 Å². The summed E-state index contributed by atoms with van der Waals surface area (Å²) in [4.78, 5) is 18.2. The van der Waals surface area contributed by atoms with Crippen LogP contribution in [0.3, 0.4) is 0 Å². The number of fused-ring (bicyclic) bond motifs is 1. The average molecular weight is 174 g/mol. The molecular weight excluding hydrogens is 168 g/mol. The molecule has 13 heavy (non-hydrogen) atoms. The van der Waals surface area contributed by atoms with Gasteiger partial charge in [-0.2, -0.15) is 0 Å². The van der Waals surface area contributed by atoms with E-state index >= 15 is 0 Å². The highest BCUT2D eigenvalue weighted by atomic mass is 16.3. The number of hydrogen-bond donors (Lipinski definition) is 1. The number of carbonyl (C=O) groups excluding carboxylic acids is 1. The first kappa shape index (κ1) is 7.67. The Morgan fingerprint density at radius 3 is 2.92 bits per heavy atom. The zero-order valence-corrected chi connectivity index (χ0v) is 6.64. The summed E-state index contributed by atoms with van der Waals surface area (Å²) in [6.07, 6.45) is 1.99. The van der Waals surface area contributed by atoms with Gasteiger partial charge in [-0.1, -0.05) is 0 Å². The van der Waals surface area contributed by atoms with Gasteiger partial charge in [0.15, 0.2) is 0 Å². The predicted molar refractivity (Wildman–Crippen MR) is 46.6 cm³/mol. The smallest absolute Gasteiger partial charge is 0.230 e. The maximum atomic E-state index is 10.4. The summed E-state index contributed by atoms with van der Waals surface area (Å²) < 4.78 is 0. The molecule has 64 valence electrons. The minimum Gasteiger partial charge on any atom is -0.492 e. The average Bonchev–Trinajstić information content (AvgIpc) is 2.16. The Morgan fingerprint density at radius 1 is 1.31 bits per heavy atom. The first-order valence-corrected chi connectivity index (χ1v) is 3.70. The third-order valence-corrected chi connectivity index (χ3v) is 1.69. The van der Waals surface area contributed by atoms with Gasteiger partial charge in [0.1, 0.15) is 6.29 Å². The van der Waals surface area contributed by atoms with Gasteiger partial charge in [0.05, 0.1) is 17.2 Å². The zero-order chi connectivity index (χ0) is 9.26. The van der Waals surface area contributed by atoms with Crippen molar-refractivity contribution in [2.45, 2.75) is 0 Å². The summed E-state index contributed by atoms with van der Waals surface area (Å²) >= 11 is 0. The maximum absolute atomic E-state index is 10.4. The van der Waals surface area contributed by atoms with Gasteiger partial charge in [-0.3, -0.25) is 4.79 Å². The molecular formula is C9H6N2O2. The van der Waals surface area contributed by atoms with Crippen LogP contribution in [0.5, 0.6) is 5.88 Å². The molecule has 0 aliphatic carbocycles. The number of carbonyl (C=O) groups is 1. The van der Waals surface area contributed by atoms with Crippen LogP contribution < -0.4 is 0 Å². The summed E-state index contributed by atoms with van der Waals surface area (Å²) in [6, 6.07) is 4.92. The molecule has 0 saturated heterocycles. The molecule has 4 heteroatoms. The molecule has 0 aliphatic heterocycles. The van der Waals surface area contributed by atoms with Crippen molar-refractivity contribution in [3.63, 3.8) is 0 Å². The maximum Gasteiger partial charge on any atom is 0.230 e. The van der Waals surface area contributed by atoms with Crippen LogP contribution in [0.1, 0.15) is 10.4 Å². The third kappa shape index (κ3) is 1.33. The summed E-state index contributed by atoms with van der Waals surface area (Å²) in [5.74, 6) is -0.143. The fraction of sp³-hybridized carbons (Fsp3) is 0. The number of rotatable bonds is 1. The molecule has 0 fully saturated rings. The van der Waals surface area contributed by atoms with Crippen LogP contribution in [0.2, 0.25) is 0 Å². The Bertz CT molecular complexity index is 468. The summed E-state index contributed by atoms with van der Waals surface area (Å²) in [5, 5.41) is 9.03. The van der Waals surface area contributed by atoms with Crippen LogP contribution in [0, 0.1) is 0 Å². The second-order valence-electron chi connectivity index (χ2n) is 2.59. The van der Waals surface area contributed by atoms with Crippen LogP contribution in [0.4, 0.5) is 0 Å². The second kappa shape index (κ2) is 2.82. The van der Waals surface area contributed by atoms with Crippen LogP contribution >= 0.6 is 0 Å². The molecule has 1 N–H and O–H groups in total. The molecule has 1 aromatic heterocycles. The molecule has 0 aliphatic rings.